The monoisotopic (exact) mass is 313 g/mol. The largest absolute Gasteiger partial charge is 0.352 e. The van der Waals surface area contributed by atoms with Gasteiger partial charge >= 0.3 is 0 Å². The molecule has 4 nitrogen and oxygen atoms in total. The van der Waals surface area contributed by atoms with Crippen LogP contribution in [0.2, 0.25) is 0 Å². The summed E-state index contributed by atoms with van der Waals surface area (Å²) < 4.78 is 22.5. The van der Waals surface area contributed by atoms with E-state index in [4.69, 9.17) is 17.1 Å². The second-order valence-corrected chi connectivity index (χ2v) is 6.90. The Hall–Kier alpha value is -1.51. The van der Waals surface area contributed by atoms with E-state index in [1.807, 2.05) is 0 Å². The summed E-state index contributed by atoms with van der Waals surface area (Å²) in [5.41, 5.74) is 0.999. The lowest BCUT2D eigenvalue weighted by Crippen LogP contribution is -2.25. The van der Waals surface area contributed by atoms with Crippen molar-refractivity contribution < 1.29 is 13.2 Å². The third-order valence-corrected chi connectivity index (χ3v) is 4.12. The van der Waals surface area contributed by atoms with Crippen molar-refractivity contribution in [2.75, 3.05) is 6.54 Å². The van der Waals surface area contributed by atoms with Gasteiger partial charge in [0.05, 0.1) is 4.90 Å². The van der Waals surface area contributed by atoms with Gasteiger partial charge in [-0.1, -0.05) is 6.07 Å². The fraction of sp³-hybridized carbons (Fsp3) is 0.357. The molecule has 0 saturated carbocycles. The SMILES string of the molecule is C#CCCCCNC(=O)c1cc(S(=O)(=O)Cl)ccc1C. The van der Waals surface area contributed by atoms with E-state index in [2.05, 4.69) is 11.2 Å². The molecule has 1 aromatic rings. The number of hydrogen-bond donors (Lipinski definition) is 1. The maximum atomic E-state index is 12.0. The first-order valence-electron chi connectivity index (χ1n) is 6.13. The van der Waals surface area contributed by atoms with E-state index >= 15 is 0 Å². The zero-order chi connectivity index (χ0) is 15.2. The fourth-order valence-electron chi connectivity index (χ4n) is 1.65. The third-order valence-electron chi connectivity index (χ3n) is 2.77. The number of carbonyl (C=O) groups excluding carboxylic acids is 1. The van der Waals surface area contributed by atoms with Crippen LogP contribution in [0.5, 0.6) is 0 Å². The van der Waals surface area contributed by atoms with Gasteiger partial charge in [-0.05, 0) is 37.5 Å². The number of amides is 1. The van der Waals surface area contributed by atoms with Gasteiger partial charge in [0, 0.05) is 29.2 Å². The number of halogens is 1. The van der Waals surface area contributed by atoms with Crippen molar-refractivity contribution >= 4 is 25.6 Å². The summed E-state index contributed by atoms with van der Waals surface area (Å²) in [5, 5.41) is 2.73. The summed E-state index contributed by atoms with van der Waals surface area (Å²) in [7, 11) is 1.43. The molecule has 0 heterocycles. The van der Waals surface area contributed by atoms with E-state index in [1.54, 1.807) is 13.0 Å². The first-order valence-corrected chi connectivity index (χ1v) is 8.44. The van der Waals surface area contributed by atoms with Crippen molar-refractivity contribution in [3.63, 3.8) is 0 Å². The van der Waals surface area contributed by atoms with Gasteiger partial charge in [0.25, 0.3) is 15.0 Å². The third kappa shape index (κ3) is 4.87. The molecule has 0 aliphatic carbocycles. The van der Waals surface area contributed by atoms with Gasteiger partial charge in [-0.15, -0.1) is 12.3 Å². The number of benzene rings is 1. The highest BCUT2D eigenvalue weighted by atomic mass is 35.7. The molecule has 0 aliphatic heterocycles. The van der Waals surface area contributed by atoms with Gasteiger partial charge in [-0.25, -0.2) is 8.42 Å². The molecule has 108 valence electrons. The molecular formula is C14H16ClNO3S. The average Bonchev–Trinajstić information content (AvgIpc) is 2.37. The lowest BCUT2D eigenvalue weighted by Gasteiger charge is -2.08. The van der Waals surface area contributed by atoms with E-state index in [9.17, 15) is 13.2 Å². The molecule has 0 bridgehead atoms. The van der Waals surface area contributed by atoms with Gasteiger partial charge in [0.15, 0.2) is 0 Å². The van der Waals surface area contributed by atoms with Crippen molar-refractivity contribution in [1.82, 2.24) is 5.32 Å². The highest BCUT2D eigenvalue weighted by Gasteiger charge is 2.15. The molecule has 1 N–H and O–H groups in total. The number of terminal acetylenes is 1. The number of rotatable bonds is 6. The maximum absolute atomic E-state index is 12.0. The summed E-state index contributed by atoms with van der Waals surface area (Å²) in [6.07, 6.45) is 7.43. The normalized spacial score (nSPS) is 10.8. The molecule has 20 heavy (non-hydrogen) atoms. The summed E-state index contributed by atoms with van der Waals surface area (Å²) >= 11 is 0. The van der Waals surface area contributed by atoms with Gasteiger partial charge in [-0.3, -0.25) is 4.79 Å². The second-order valence-electron chi connectivity index (χ2n) is 4.33. The minimum absolute atomic E-state index is 0.0813. The van der Waals surface area contributed by atoms with E-state index in [-0.39, 0.29) is 10.8 Å². The minimum atomic E-state index is -3.84. The Morgan fingerprint density at radius 2 is 2.10 bits per heavy atom. The molecule has 0 atom stereocenters. The number of aryl methyl sites for hydroxylation is 1. The fourth-order valence-corrected chi connectivity index (χ4v) is 2.42. The lowest BCUT2D eigenvalue weighted by molar-refractivity contribution is 0.0952. The second kappa shape index (κ2) is 7.32. The van der Waals surface area contributed by atoms with Crippen LogP contribution in [-0.2, 0) is 9.05 Å². The Kier molecular flexibility index (Phi) is 6.05. The zero-order valence-corrected chi connectivity index (χ0v) is 12.7. The van der Waals surface area contributed by atoms with Crippen LogP contribution in [0.1, 0.15) is 35.2 Å². The predicted octanol–water partition coefficient (Wildman–Crippen LogP) is 2.46. The van der Waals surface area contributed by atoms with Crippen LogP contribution in [0.3, 0.4) is 0 Å². The van der Waals surface area contributed by atoms with Crippen LogP contribution in [0, 0.1) is 19.3 Å². The van der Waals surface area contributed by atoms with Crippen LogP contribution in [0.25, 0.3) is 0 Å². The Bertz CT molecular complexity index is 632. The van der Waals surface area contributed by atoms with Gasteiger partial charge in [-0.2, -0.15) is 0 Å². The van der Waals surface area contributed by atoms with Crippen molar-refractivity contribution in [3.8, 4) is 12.3 Å². The molecule has 1 amide bonds. The molecule has 1 rings (SSSR count). The highest BCUT2D eigenvalue weighted by Crippen LogP contribution is 2.19. The topological polar surface area (TPSA) is 63.2 Å². The van der Waals surface area contributed by atoms with Crippen LogP contribution in [0.15, 0.2) is 23.1 Å². The van der Waals surface area contributed by atoms with Crippen molar-refractivity contribution in [1.29, 1.82) is 0 Å². The number of hydrogen-bond acceptors (Lipinski definition) is 3. The van der Waals surface area contributed by atoms with Crippen molar-refractivity contribution in [2.24, 2.45) is 0 Å². The first kappa shape index (κ1) is 16.5. The quantitative estimate of drug-likeness (QED) is 0.498. The Morgan fingerprint density at radius 3 is 2.70 bits per heavy atom. The van der Waals surface area contributed by atoms with Crippen molar-refractivity contribution in [2.45, 2.75) is 31.1 Å². The van der Waals surface area contributed by atoms with Gasteiger partial charge < -0.3 is 5.32 Å². The van der Waals surface area contributed by atoms with Gasteiger partial charge in [0.1, 0.15) is 0 Å². The molecule has 1 aromatic carbocycles. The molecule has 0 aliphatic rings. The van der Waals surface area contributed by atoms with E-state index in [0.717, 1.165) is 12.8 Å². The minimum Gasteiger partial charge on any atom is -0.352 e. The number of carbonyl (C=O) groups is 1. The molecular weight excluding hydrogens is 298 g/mol. The van der Waals surface area contributed by atoms with Crippen LogP contribution in [-0.4, -0.2) is 20.9 Å². The Morgan fingerprint density at radius 1 is 1.40 bits per heavy atom. The predicted molar refractivity (Wildman–Crippen MR) is 79.2 cm³/mol. The van der Waals surface area contributed by atoms with Gasteiger partial charge in [0.2, 0.25) is 0 Å². The smallest absolute Gasteiger partial charge is 0.261 e. The number of unbranched alkanes of at least 4 members (excludes halogenated alkanes) is 2. The first-order chi connectivity index (χ1) is 9.36. The molecule has 0 aromatic heterocycles. The van der Waals surface area contributed by atoms with Crippen LogP contribution in [0.4, 0.5) is 0 Å². The Balaban J connectivity index is 2.75. The molecule has 0 spiro atoms. The van der Waals surface area contributed by atoms with E-state index in [0.29, 0.717) is 24.1 Å². The number of nitrogens with one attached hydrogen (secondary N) is 1. The molecule has 0 fully saturated rings. The summed E-state index contributed by atoms with van der Waals surface area (Å²) in [6, 6.07) is 4.22. The van der Waals surface area contributed by atoms with Crippen LogP contribution < -0.4 is 5.32 Å². The Labute approximate surface area is 123 Å². The molecule has 0 unspecified atom stereocenters. The average molecular weight is 314 g/mol. The van der Waals surface area contributed by atoms with E-state index in [1.165, 1.54) is 12.1 Å². The highest BCUT2D eigenvalue weighted by molar-refractivity contribution is 8.13. The molecule has 0 radical (unpaired) electrons. The van der Waals surface area contributed by atoms with Crippen LogP contribution >= 0.6 is 10.7 Å². The van der Waals surface area contributed by atoms with E-state index < -0.39 is 9.05 Å². The van der Waals surface area contributed by atoms with Crippen molar-refractivity contribution in [3.05, 3.63) is 29.3 Å². The lowest BCUT2D eigenvalue weighted by atomic mass is 10.1. The zero-order valence-electron chi connectivity index (χ0n) is 11.1. The summed E-state index contributed by atoms with van der Waals surface area (Å²) in [6.45, 7) is 2.23. The standard InChI is InChI=1S/C14H16ClNO3S/c1-3-4-5-6-9-16-14(17)13-10-12(20(15,18)19)8-7-11(13)2/h1,7-8,10H,4-6,9H2,2H3,(H,16,17). The summed E-state index contributed by atoms with van der Waals surface area (Å²) in [4.78, 5) is 11.9. The molecule has 0 saturated heterocycles. The summed E-state index contributed by atoms with van der Waals surface area (Å²) in [5.74, 6) is 2.21. The molecule has 6 heteroatoms. The maximum Gasteiger partial charge on any atom is 0.261 e.